The molecule has 32 nitrogen and oxygen atoms in total. The van der Waals surface area contributed by atoms with Crippen LogP contribution in [0.1, 0.15) is 44.8 Å². The molecule has 0 aliphatic rings. The maximum absolute atomic E-state index is 8.47. The summed E-state index contributed by atoms with van der Waals surface area (Å²) >= 11 is 53.0. The normalized spacial score (nSPS) is 7.83. The lowest BCUT2D eigenvalue weighted by Crippen LogP contribution is -2.18. The average molecular weight is 2030 g/mol. The summed E-state index contributed by atoms with van der Waals surface area (Å²) < 4.78 is 0. The third-order valence-electron chi connectivity index (χ3n) is 8.28. The summed E-state index contributed by atoms with van der Waals surface area (Å²) in [5, 5.41) is 116. The molecule has 0 unspecified atom stereocenters. The maximum Gasteiger partial charge on any atom is 0.160 e. The van der Waals surface area contributed by atoms with Crippen molar-refractivity contribution >= 4 is 291 Å². The van der Waals surface area contributed by atoms with Crippen molar-refractivity contribution in [3.8, 4) is 84.4 Å². The average Bonchev–Trinajstić information content (AvgIpc) is 0.931. The molecule has 35 N–H and O–H groups in total. The van der Waals surface area contributed by atoms with Crippen molar-refractivity contribution in [1.29, 1.82) is 79.7 Å². The van der Waals surface area contributed by atoms with Gasteiger partial charge >= 0.3 is 0 Å². The van der Waals surface area contributed by atoms with Gasteiger partial charge in [-0.2, -0.15) is 52.6 Å². The Labute approximate surface area is 805 Å². The lowest BCUT2D eigenvalue weighted by atomic mass is 10.1. The molecule has 0 aliphatic heterocycles. The van der Waals surface area contributed by atoms with Gasteiger partial charge in [0.05, 0.1) is 103 Å². The molecule has 4 rings (SSSR count). The number of thiocarbonyl (C=S) groups is 5. The minimum absolute atomic E-state index is 0. The summed E-state index contributed by atoms with van der Waals surface area (Å²) in [4.78, 5) is 8.18. The summed E-state index contributed by atoms with van der Waals surface area (Å²) in [6.07, 6.45) is 17.0. The number of alkyl halides is 5. The zero-order valence-corrected chi connectivity index (χ0v) is 79.2. The fourth-order valence-electron chi connectivity index (χ4n) is 4.40. The van der Waals surface area contributed by atoms with E-state index in [1.54, 1.807) is 61.0 Å². The van der Waals surface area contributed by atoms with Crippen LogP contribution in [0, 0.1) is 164 Å². The summed E-state index contributed by atoms with van der Waals surface area (Å²) in [6, 6.07) is 41.8. The molecule has 2 aromatic carbocycles. The van der Waals surface area contributed by atoms with Gasteiger partial charge in [0.15, 0.2) is 63.5 Å². The Morgan fingerprint density at radius 1 is 0.342 bits per heavy atom. The van der Waals surface area contributed by atoms with Crippen LogP contribution in [0.4, 0.5) is 0 Å². The van der Waals surface area contributed by atoms with Crippen LogP contribution < -0.4 is 86.0 Å². The predicted molar refractivity (Wildman–Crippen MR) is 536 cm³/mol. The van der Waals surface area contributed by atoms with Crippen LogP contribution in [0.15, 0.2) is 134 Å². The zero-order valence-electron chi connectivity index (χ0n) is 63.1. The van der Waals surface area contributed by atoms with E-state index in [1.807, 2.05) is 91.0 Å². The van der Waals surface area contributed by atoms with E-state index in [9.17, 15) is 0 Å². The summed E-state index contributed by atoms with van der Waals surface area (Å²) in [5.41, 5.74) is 79.4. The Kier molecular flexibility index (Phi) is 154. The van der Waals surface area contributed by atoms with Gasteiger partial charge in [0, 0.05) is 89.2 Å². The molecule has 0 atom stereocenters. The summed E-state index contributed by atoms with van der Waals surface area (Å²) in [6.45, 7) is 0. The van der Waals surface area contributed by atoms with E-state index in [4.69, 9.17) is 166 Å². The highest BCUT2D eigenvalue weighted by molar-refractivity contribution is 8.14. The molecular weight excluding hydrogens is 1940 g/mol. The first-order valence-electron chi connectivity index (χ1n) is 29.7. The number of allylic oxidation sites excluding steroid dienone is 6. The third kappa shape index (κ3) is 180. The molecule has 2 heterocycles. The van der Waals surface area contributed by atoms with Crippen LogP contribution in [-0.2, 0) is 48.9 Å². The predicted octanol–water partition coefficient (Wildman–Crippen LogP) is 10.5. The number of nitriles is 10. The monoisotopic (exact) mass is 2020 g/mol. The molecule has 0 radical (unpaired) electrons. The number of halogens is 10. The third-order valence-corrected chi connectivity index (χ3v) is 12.8. The van der Waals surface area contributed by atoms with Crippen molar-refractivity contribution in [2.45, 2.75) is 48.9 Å². The first-order valence-corrected chi connectivity index (χ1v) is 39.4. The molecule has 0 fully saturated rings. The number of aromatic nitrogens is 2. The topological polar surface area (TPSA) is 773 Å². The number of rotatable bonds is 17. The van der Waals surface area contributed by atoms with Crippen LogP contribution in [0.3, 0.4) is 0 Å². The summed E-state index contributed by atoms with van der Waals surface area (Å²) in [5.74, 6) is 14.1. The Morgan fingerprint density at radius 3 is 0.842 bits per heavy atom. The van der Waals surface area contributed by atoms with Gasteiger partial charge in [-0.1, -0.05) is 156 Å². The standard InChI is InChI=1S/C10H11N3S.C9H8ClN.C9H10N4S.C8H7ClN2.2C5H7N3S.C5H5N3S.2C4H4ClN.C4H2ClN.5CH4N2S.5ClH/c11-6-5-8-1-3-9(4-2-8)7-14-10(12)13;10-7-9-3-1-8(2-4-9)5-6-11;10-4-3-7-1-2-8(13-5-7)6-14-9(11)12;9-5-8-2-1-7(3-4-10)6-11-8;3*6-3-1-2-4-9-5(7)8;3*5-3-1-2-4-6;5*2-1(3)4;;;;;/h1-4H,5,7H2,(H3,12,13);1-4H,5,7H2;1-2,5H,3,6H2,(H3,11,12);1-2,6H,3,5H2;2*1-2H,4H2,(H3,7,8);4H2,(H3,7,8);2*1-2H,3H2;3H2;5*(H4,2,3,4);5*1H/b;;;;2-1+;2-1-;;2-1+;2-1-;;;;;;;;;;;. The number of nitrogens with zero attached hydrogens (tertiary/aromatic N) is 12. The van der Waals surface area contributed by atoms with Gasteiger partial charge < -0.3 is 86.0 Å². The van der Waals surface area contributed by atoms with Crippen molar-refractivity contribution < 1.29 is 0 Å². The highest BCUT2D eigenvalue weighted by atomic mass is 35.5. The number of nitrogens with one attached hydrogen (secondary N) is 5. The van der Waals surface area contributed by atoms with Crippen molar-refractivity contribution in [2.75, 3.05) is 34.9 Å². The molecule has 0 amide bonds. The highest BCUT2D eigenvalue weighted by Gasteiger charge is 1.99. The van der Waals surface area contributed by atoms with E-state index in [1.165, 1.54) is 71.4 Å². The van der Waals surface area contributed by atoms with Gasteiger partial charge in [-0.15, -0.1) is 120 Å². The lowest BCUT2D eigenvalue weighted by molar-refractivity contribution is 1.12. The van der Waals surface area contributed by atoms with Crippen LogP contribution in [0.25, 0.3) is 0 Å². The Bertz CT molecular complexity index is 3840. The highest BCUT2D eigenvalue weighted by Crippen LogP contribution is 2.13. The van der Waals surface area contributed by atoms with Gasteiger partial charge in [0.2, 0.25) is 0 Å². The number of pyridine rings is 2. The molecule has 2 aromatic heterocycles. The molecule has 0 saturated carbocycles. The van der Waals surface area contributed by atoms with Gasteiger partial charge in [-0.05, 0) is 107 Å². The van der Waals surface area contributed by atoms with Crippen molar-refractivity contribution in [1.82, 2.24) is 9.97 Å². The number of amidine groups is 5. The van der Waals surface area contributed by atoms with Gasteiger partial charge in [-0.3, -0.25) is 37.0 Å². The number of benzene rings is 2. The second kappa shape index (κ2) is 125. The number of hydrogen-bond acceptors (Lipinski definition) is 27. The van der Waals surface area contributed by atoms with Crippen molar-refractivity contribution in [3.63, 3.8) is 0 Å². The number of hydrogen-bond donors (Lipinski definition) is 20. The minimum Gasteiger partial charge on any atom is -0.379 e. The minimum atomic E-state index is 0. The SMILES string of the molecule is Cl.Cl.Cl.Cl.Cl.N#C/C=C/CCl.N#C/C=C/CSC(=N)N.N#C/C=C\CCl.N#C/C=C\CSC(=N)N.N#CC#CCCl.N#CC#CCSC(=N)N.N#CCc1ccc(CCl)cc1.N#CCc1ccc(CCl)nc1.N#CCc1ccc(CSC(=N)N)cc1.N#CCc1ccc(CSC(=N)N)nc1.NC(N)=S.NC(N)=S.NC(N)=S.NC(N)=S.NC(N)=S. The fraction of sp³-hybridized carbons (Fsp3) is 0.206. The quantitative estimate of drug-likeness (QED) is 0.0117. The van der Waals surface area contributed by atoms with Crippen molar-refractivity contribution in [3.05, 3.63) is 179 Å². The van der Waals surface area contributed by atoms with E-state index in [0.717, 1.165) is 56.5 Å². The second-order valence-corrected chi connectivity index (χ2v) is 26.2. The molecule has 0 saturated heterocycles. The Morgan fingerprint density at radius 2 is 0.608 bits per heavy atom. The molecule has 4 aromatic rings. The smallest absolute Gasteiger partial charge is 0.160 e. The molecule has 0 aliphatic carbocycles. The van der Waals surface area contributed by atoms with Crippen LogP contribution in [0.2, 0.25) is 0 Å². The van der Waals surface area contributed by atoms with Gasteiger partial charge in [0.25, 0.3) is 0 Å². The molecule has 652 valence electrons. The van der Waals surface area contributed by atoms with E-state index in [2.05, 4.69) is 170 Å². The van der Waals surface area contributed by atoms with E-state index < -0.39 is 0 Å². The first kappa shape index (κ1) is 148. The van der Waals surface area contributed by atoms with Gasteiger partial charge in [-0.25, -0.2) is 0 Å². The lowest BCUT2D eigenvalue weighted by Gasteiger charge is -2.00. The molecule has 0 bridgehead atoms. The van der Waals surface area contributed by atoms with Crippen molar-refractivity contribution in [2.24, 2.45) is 86.0 Å². The molecule has 52 heteroatoms. The van der Waals surface area contributed by atoms with Gasteiger partial charge in [0.1, 0.15) is 0 Å². The summed E-state index contributed by atoms with van der Waals surface area (Å²) in [7, 11) is 0. The largest absolute Gasteiger partial charge is 0.379 e. The molecule has 0 spiro atoms. The number of thioether (sulfide) groups is 5. The molecule has 120 heavy (non-hydrogen) atoms. The Balaban J connectivity index is -0.0000000701. The van der Waals surface area contributed by atoms with Crippen LogP contribution in [-0.4, -0.2) is 96.3 Å². The second-order valence-electron chi connectivity index (χ2n) is 17.3. The van der Waals surface area contributed by atoms with E-state index in [0.29, 0.717) is 78.0 Å². The first-order chi connectivity index (χ1) is 54.4. The Hall–Kier alpha value is -9.83. The number of nitrogens with two attached hydrogens (primary N) is 15. The van der Waals surface area contributed by atoms with Crippen LogP contribution in [0.5, 0.6) is 0 Å². The van der Waals surface area contributed by atoms with Crippen LogP contribution >= 0.6 is 240 Å². The van der Waals surface area contributed by atoms with E-state index >= 15 is 0 Å². The zero-order chi connectivity index (χ0) is 90.7. The molecular formula is C68H90Cl10N32S10. The fourth-order valence-corrected chi connectivity index (χ4v) is 7.01. The maximum atomic E-state index is 8.47. The van der Waals surface area contributed by atoms with E-state index in [-0.39, 0.29) is 119 Å².